The molecule has 1 aromatic heterocycles. The van der Waals surface area contributed by atoms with E-state index >= 15 is 0 Å². The summed E-state index contributed by atoms with van der Waals surface area (Å²) in [5.74, 6) is 0.582. The summed E-state index contributed by atoms with van der Waals surface area (Å²) in [6, 6.07) is 6.75. The van der Waals surface area contributed by atoms with Gasteiger partial charge < -0.3 is 10.2 Å². The zero-order valence-electron chi connectivity index (χ0n) is 11.8. The number of rotatable bonds is 4. The number of anilines is 1. The molecule has 2 N–H and O–H groups in total. The minimum absolute atomic E-state index is 0.134. The van der Waals surface area contributed by atoms with Crippen molar-refractivity contribution in [2.45, 2.75) is 25.3 Å². The van der Waals surface area contributed by atoms with Gasteiger partial charge in [-0.05, 0) is 49.2 Å². The Morgan fingerprint density at radius 1 is 1.25 bits per heavy atom. The molecule has 0 spiro atoms. The lowest BCUT2D eigenvalue weighted by molar-refractivity contribution is 0.406. The fourth-order valence-corrected chi connectivity index (χ4v) is 3.23. The second-order valence-corrected chi connectivity index (χ2v) is 6.83. The molecule has 0 atom stereocenters. The van der Waals surface area contributed by atoms with E-state index in [1.807, 2.05) is 13.8 Å². The Balaban J connectivity index is 2.37. The number of sulfonamides is 1. The monoisotopic (exact) mass is 294 g/mol. The van der Waals surface area contributed by atoms with Crippen LogP contribution in [0.2, 0.25) is 0 Å². The molecule has 0 radical (unpaired) electrons. The Morgan fingerprint density at radius 2 is 1.90 bits per heavy atom. The Bertz CT molecular complexity index is 706. The van der Waals surface area contributed by atoms with Gasteiger partial charge in [-0.2, -0.15) is 4.31 Å². The van der Waals surface area contributed by atoms with Gasteiger partial charge >= 0.3 is 0 Å². The van der Waals surface area contributed by atoms with Crippen LogP contribution in [0.3, 0.4) is 0 Å². The summed E-state index contributed by atoms with van der Waals surface area (Å²) in [6.07, 6.45) is 1.51. The van der Waals surface area contributed by atoms with Crippen molar-refractivity contribution in [3.05, 3.63) is 47.4 Å². The summed E-state index contributed by atoms with van der Waals surface area (Å²) < 4.78 is 31.5. The van der Waals surface area contributed by atoms with Crippen LogP contribution in [-0.2, 0) is 16.6 Å². The lowest BCUT2D eigenvalue weighted by Crippen LogP contribution is -2.27. The van der Waals surface area contributed by atoms with Crippen LogP contribution in [-0.4, -0.2) is 19.8 Å². The van der Waals surface area contributed by atoms with Crippen molar-refractivity contribution in [1.82, 2.24) is 4.31 Å². The molecule has 0 aliphatic rings. The Morgan fingerprint density at radius 3 is 2.50 bits per heavy atom. The van der Waals surface area contributed by atoms with Crippen LogP contribution < -0.4 is 5.73 Å². The maximum absolute atomic E-state index is 12.5. The largest absolute Gasteiger partial charge is 0.468 e. The highest BCUT2D eigenvalue weighted by Crippen LogP contribution is 2.26. The molecule has 1 heterocycles. The maximum Gasteiger partial charge on any atom is 0.245 e. The molecule has 0 bridgehead atoms. The van der Waals surface area contributed by atoms with Gasteiger partial charge in [0.15, 0.2) is 0 Å². The molecule has 6 heteroatoms. The quantitative estimate of drug-likeness (QED) is 0.878. The summed E-state index contributed by atoms with van der Waals surface area (Å²) in [7, 11) is -2.13. The Kier molecular flexibility index (Phi) is 3.87. The SMILES string of the molecule is Cc1cc(N)c(S(=O)(=O)N(C)Cc2ccco2)cc1C. The first-order chi connectivity index (χ1) is 9.32. The normalized spacial score (nSPS) is 12.0. The van der Waals surface area contributed by atoms with Crippen molar-refractivity contribution in [3.63, 3.8) is 0 Å². The smallest absolute Gasteiger partial charge is 0.245 e. The van der Waals surface area contributed by atoms with Gasteiger partial charge in [-0.15, -0.1) is 0 Å². The highest BCUT2D eigenvalue weighted by atomic mass is 32.2. The summed E-state index contributed by atoms with van der Waals surface area (Å²) in [4.78, 5) is 0.134. The summed E-state index contributed by atoms with van der Waals surface area (Å²) in [6.45, 7) is 3.93. The molecule has 2 aromatic rings. The van der Waals surface area contributed by atoms with Crippen LogP contribution in [0.15, 0.2) is 39.8 Å². The number of benzene rings is 1. The highest BCUT2D eigenvalue weighted by Gasteiger charge is 2.24. The second kappa shape index (κ2) is 5.30. The third-order valence-corrected chi connectivity index (χ3v) is 5.13. The zero-order valence-corrected chi connectivity index (χ0v) is 12.6. The lowest BCUT2D eigenvalue weighted by atomic mass is 10.1. The number of aryl methyl sites for hydroxylation is 2. The van der Waals surface area contributed by atoms with Crippen molar-refractivity contribution in [1.29, 1.82) is 0 Å². The lowest BCUT2D eigenvalue weighted by Gasteiger charge is -2.18. The van der Waals surface area contributed by atoms with E-state index in [1.54, 1.807) is 24.3 Å². The number of hydrogen-bond donors (Lipinski definition) is 1. The zero-order chi connectivity index (χ0) is 14.9. The summed E-state index contributed by atoms with van der Waals surface area (Å²) in [5.41, 5.74) is 7.98. The maximum atomic E-state index is 12.5. The van der Waals surface area contributed by atoms with Gasteiger partial charge in [-0.25, -0.2) is 8.42 Å². The molecule has 0 unspecified atom stereocenters. The van der Waals surface area contributed by atoms with Crippen molar-refractivity contribution in [2.75, 3.05) is 12.8 Å². The Hall–Kier alpha value is -1.79. The van der Waals surface area contributed by atoms with Crippen LogP contribution in [0.1, 0.15) is 16.9 Å². The summed E-state index contributed by atoms with van der Waals surface area (Å²) >= 11 is 0. The van der Waals surface area contributed by atoms with Crippen molar-refractivity contribution < 1.29 is 12.8 Å². The minimum Gasteiger partial charge on any atom is -0.468 e. The minimum atomic E-state index is -3.64. The number of nitrogen functional groups attached to an aromatic ring is 1. The molecule has 2 rings (SSSR count). The third-order valence-electron chi connectivity index (χ3n) is 3.27. The van der Waals surface area contributed by atoms with E-state index in [0.717, 1.165) is 11.1 Å². The van der Waals surface area contributed by atoms with E-state index in [1.165, 1.54) is 17.6 Å². The Labute approximate surface area is 119 Å². The van der Waals surface area contributed by atoms with Gasteiger partial charge in [-0.3, -0.25) is 0 Å². The standard InChI is InChI=1S/C14H18N2O3S/c1-10-7-13(15)14(8-11(10)2)20(17,18)16(3)9-12-5-4-6-19-12/h4-8H,9,15H2,1-3H3. The van der Waals surface area contributed by atoms with E-state index in [-0.39, 0.29) is 17.1 Å². The molecule has 1 aromatic carbocycles. The van der Waals surface area contributed by atoms with Crippen LogP contribution in [0.4, 0.5) is 5.69 Å². The van der Waals surface area contributed by atoms with Gasteiger partial charge in [0.1, 0.15) is 10.7 Å². The van der Waals surface area contributed by atoms with Crippen LogP contribution in [0.5, 0.6) is 0 Å². The predicted octanol–water partition coefficient (Wildman–Crippen LogP) is 2.30. The molecule has 0 saturated heterocycles. The van der Waals surface area contributed by atoms with Crippen molar-refractivity contribution >= 4 is 15.7 Å². The van der Waals surface area contributed by atoms with Crippen molar-refractivity contribution in [3.8, 4) is 0 Å². The molecule has 0 amide bonds. The molecule has 5 nitrogen and oxygen atoms in total. The molecule has 108 valence electrons. The molecule has 20 heavy (non-hydrogen) atoms. The molecule has 0 aliphatic carbocycles. The van der Waals surface area contributed by atoms with Crippen LogP contribution in [0, 0.1) is 13.8 Å². The van der Waals surface area contributed by atoms with Gasteiger partial charge in [0, 0.05) is 7.05 Å². The fourth-order valence-electron chi connectivity index (χ4n) is 1.91. The van der Waals surface area contributed by atoms with Crippen LogP contribution in [0.25, 0.3) is 0 Å². The second-order valence-electron chi connectivity index (χ2n) is 4.81. The van der Waals surface area contributed by atoms with E-state index in [2.05, 4.69) is 0 Å². The van der Waals surface area contributed by atoms with E-state index < -0.39 is 10.0 Å². The molecule has 0 aliphatic heterocycles. The molecule has 0 fully saturated rings. The average molecular weight is 294 g/mol. The molecular formula is C14H18N2O3S. The first-order valence-electron chi connectivity index (χ1n) is 6.18. The first kappa shape index (κ1) is 14.6. The van der Waals surface area contributed by atoms with Gasteiger partial charge in [0.05, 0.1) is 18.5 Å². The number of nitrogens with two attached hydrogens (primary N) is 1. The number of nitrogens with zero attached hydrogens (tertiary/aromatic N) is 1. The fraction of sp³-hybridized carbons (Fsp3) is 0.286. The van der Waals surface area contributed by atoms with E-state index in [9.17, 15) is 8.42 Å². The van der Waals surface area contributed by atoms with Gasteiger partial charge in [-0.1, -0.05) is 0 Å². The van der Waals surface area contributed by atoms with E-state index in [0.29, 0.717) is 5.76 Å². The highest BCUT2D eigenvalue weighted by molar-refractivity contribution is 7.89. The first-order valence-corrected chi connectivity index (χ1v) is 7.62. The predicted molar refractivity (Wildman–Crippen MR) is 77.7 cm³/mol. The average Bonchev–Trinajstić information content (AvgIpc) is 2.86. The number of hydrogen-bond acceptors (Lipinski definition) is 4. The van der Waals surface area contributed by atoms with Crippen LogP contribution >= 0.6 is 0 Å². The summed E-state index contributed by atoms with van der Waals surface area (Å²) in [5, 5.41) is 0. The van der Waals surface area contributed by atoms with E-state index in [4.69, 9.17) is 10.2 Å². The molecule has 0 saturated carbocycles. The van der Waals surface area contributed by atoms with Crippen molar-refractivity contribution in [2.24, 2.45) is 0 Å². The number of furan rings is 1. The molecular weight excluding hydrogens is 276 g/mol. The topological polar surface area (TPSA) is 76.5 Å². The van der Waals surface area contributed by atoms with Gasteiger partial charge in [0.2, 0.25) is 10.0 Å². The third kappa shape index (κ3) is 2.71. The van der Waals surface area contributed by atoms with Gasteiger partial charge in [0.25, 0.3) is 0 Å².